The lowest BCUT2D eigenvalue weighted by Crippen LogP contribution is -2.50. The lowest BCUT2D eigenvalue weighted by Gasteiger charge is -2.34. The number of nitrogens with one attached hydrogen (secondary N) is 1. The fourth-order valence-electron chi connectivity index (χ4n) is 2.22. The summed E-state index contributed by atoms with van der Waals surface area (Å²) in [4.78, 5) is 12.7. The van der Waals surface area contributed by atoms with Gasteiger partial charge in [-0.05, 0) is 43.4 Å². The molecule has 0 saturated carbocycles. The summed E-state index contributed by atoms with van der Waals surface area (Å²) in [5, 5.41) is 12.3. The number of carbonyl (C=O) groups is 1. The van der Waals surface area contributed by atoms with E-state index in [0.717, 1.165) is 5.56 Å². The lowest BCUT2D eigenvalue weighted by atomic mass is 9.80. The van der Waals surface area contributed by atoms with Crippen molar-refractivity contribution in [2.45, 2.75) is 52.5 Å². The van der Waals surface area contributed by atoms with Crippen LogP contribution in [0, 0.1) is 5.41 Å². The van der Waals surface area contributed by atoms with E-state index in [2.05, 4.69) is 26.1 Å². The summed E-state index contributed by atoms with van der Waals surface area (Å²) in [6.45, 7) is 10.0. The maximum absolute atomic E-state index is 12.7. The predicted molar refractivity (Wildman–Crippen MR) is 87.0 cm³/mol. The van der Waals surface area contributed by atoms with Gasteiger partial charge in [0.2, 0.25) is 5.91 Å². The smallest absolute Gasteiger partial charge is 0.230 e. The van der Waals surface area contributed by atoms with Gasteiger partial charge in [-0.15, -0.1) is 0 Å². The molecule has 4 nitrogen and oxygen atoms in total. The molecule has 1 atom stereocenters. The molecule has 4 heteroatoms. The van der Waals surface area contributed by atoms with Crippen molar-refractivity contribution in [2.24, 2.45) is 5.41 Å². The Balaban J connectivity index is 2.92. The zero-order chi connectivity index (χ0) is 16.3. The summed E-state index contributed by atoms with van der Waals surface area (Å²) in [6, 6.07) is 7.31. The fraction of sp³-hybridized carbons (Fsp3) is 0.588. The number of hydrogen-bond acceptors (Lipinski definition) is 3. The highest BCUT2D eigenvalue weighted by atomic mass is 16.3. The normalized spacial score (nSPS) is 13.8. The van der Waals surface area contributed by atoms with Gasteiger partial charge in [0.25, 0.3) is 0 Å². The molecule has 1 unspecified atom stereocenters. The number of carbonyl (C=O) groups excluding carboxylic acids is 1. The number of benzene rings is 1. The Kier molecular flexibility index (Phi) is 5.40. The maximum atomic E-state index is 12.7. The molecule has 118 valence electrons. The Morgan fingerprint density at radius 3 is 2.14 bits per heavy atom. The van der Waals surface area contributed by atoms with Crippen LogP contribution in [0.25, 0.3) is 0 Å². The van der Waals surface area contributed by atoms with Crippen LogP contribution in [0.3, 0.4) is 0 Å². The van der Waals surface area contributed by atoms with E-state index in [1.807, 2.05) is 26.0 Å². The number of aliphatic hydroxyl groups is 1. The summed E-state index contributed by atoms with van der Waals surface area (Å²) in [6.07, 6.45) is 0.549. The highest BCUT2D eigenvalue weighted by molar-refractivity contribution is 5.87. The van der Waals surface area contributed by atoms with Gasteiger partial charge in [-0.1, -0.05) is 32.9 Å². The molecule has 0 aliphatic rings. The Morgan fingerprint density at radius 2 is 1.71 bits per heavy atom. The molecule has 0 aliphatic carbocycles. The van der Waals surface area contributed by atoms with Crippen LogP contribution in [-0.2, 0) is 10.2 Å². The minimum Gasteiger partial charge on any atom is -0.399 e. The van der Waals surface area contributed by atoms with E-state index in [4.69, 9.17) is 5.73 Å². The van der Waals surface area contributed by atoms with E-state index in [1.54, 1.807) is 12.1 Å². The fourth-order valence-corrected chi connectivity index (χ4v) is 2.22. The molecule has 4 N–H and O–H groups in total. The molecule has 1 amide bonds. The molecule has 1 rings (SSSR count). The van der Waals surface area contributed by atoms with Crippen LogP contribution in [0.15, 0.2) is 24.3 Å². The summed E-state index contributed by atoms with van der Waals surface area (Å²) in [5.74, 6) is -0.0411. The largest absolute Gasteiger partial charge is 0.399 e. The number of nitrogens with two attached hydrogens (primary N) is 1. The van der Waals surface area contributed by atoms with Crippen molar-refractivity contribution in [3.05, 3.63) is 29.8 Å². The molecule has 0 heterocycles. The van der Waals surface area contributed by atoms with Gasteiger partial charge in [0, 0.05) is 18.3 Å². The Labute approximate surface area is 127 Å². The monoisotopic (exact) mass is 292 g/mol. The maximum Gasteiger partial charge on any atom is 0.230 e. The number of amides is 1. The summed E-state index contributed by atoms with van der Waals surface area (Å²) in [5.41, 5.74) is 6.55. The van der Waals surface area contributed by atoms with Crippen molar-refractivity contribution < 1.29 is 9.90 Å². The quantitative estimate of drug-likeness (QED) is 0.730. The zero-order valence-corrected chi connectivity index (χ0v) is 13.7. The minimum atomic E-state index is -0.646. The molecule has 0 aromatic heterocycles. The molecule has 21 heavy (non-hydrogen) atoms. The number of nitrogen functional groups attached to an aromatic ring is 1. The molecule has 0 fully saturated rings. The van der Waals surface area contributed by atoms with Gasteiger partial charge < -0.3 is 16.2 Å². The van der Waals surface area contributed by atoms with Crippen molar-refractivity contribution in [1.29, 1.82) is 0 Å². The zero-order valence-electron chi connectivity index (χ0n) is 13.7. The van der Waals surface area contributed by atoms with Crippen LogP contribution >= 0.6 is 0 Å². The number of hydrogen-bond donors (Lipinski definition) is 3. The average Bonchev–Trinajstić information content (AvgIpc) is 2.37. The van der Waals surface area contributed by atoms with Crippen molar-refractivity contribution in [2.75, 3.05) is 12.3 Å². The van der Waals surface area contributed by atoms with Crippen molar-refractivity contribution in [1.82, 2.24) is 5.32 Å². The first-order valence-electron chi connectivity index (χ1n) is 7.37. The van der Waals surface area contributed by atoms with Crippen molar-refractivity contribution >= 4 is 11.6 Å². The predicted octanol–water partition coefficient (Wildman–Crippen LogP) is 2.46. The van der Waals surface area contributed by atoms with E-state index in [9.17, 15) is 9.90 Å². The molecule has 0 radical (unpaired) electrons. The van der Waals surface area contributed by atoms with Gasteiger partial charge in [0.15, 0.2) is 0 Å². The Hall–Kier alpha value is -1.55. The van der Waals surface area contributed by atoms with Crippen LogP contribution in [-0.4, -0.2) is 23.7 Å². The summed E-state index contributed by atoms with van der Waals surface area (Å²) >= 11 is 0. The first-order valence-corrected chi connectivity index (χ1v) is 7.37. The standard InChI is InChI=1S/C17H28N2O2/c1-16(2,3)14(10-11-20)19-15(21)17(4,5)12-6-8-13(18)9-7-12/h6-9,14,20H,10-11,18H2,1-5H3,(H,19,21). The van der Waals surface area contributed by atoms with Crippen molar-refractivity contribution in [3.63, 3.8) is 0 Å². The lowest BCUT2D eigenvalue weighted by molar-refractivity contribution is -0.127. The second-order valence-corrected chi connectivity index (χ2v) is 7.15. The number of anilines is 1. The Bertz CT molecular complexity index is 473. The molecule has 0 saturated heterocycles. The van der Waals surface area contributed by atoms with Crippen LogP contribution in [0.1, 0.15) is 46.6 Å². The van der Waals surface area contributed by atoms with Gasteiger partial charge in [0.1, 0.15) is 0 Å². The molecular formula is C17H28N2O2. The van der Waals surface area contributed by atoms with Crippen LogP contribution in [0.2, 0.25) is 0 Å². The van der Waals surface area contributed by atoms with Crippen LogP contribution in [0.5, 0.6) is 0 Å². The topological polar surface area (TPSA) is 75.3 Å². The molecule has 0 bridgehead atoms. The third kappa shape index (κ3) is 4.46. The van der Waals surface area contributed by atoms with Gasteiger partial charge in [-0.2, -0.15) is 0 Å². The molecule has 1 aromatic rings. The van der Waals surface area contributed by atoms with Gasteiger partial charge in [-0.3, -0.25) is 4.79 Å². The SMILES string of the molecule is CC(C)(C(=O)NC(CCO)C(C)(C)C)c1ccc(N)cc1. The van der Waals surface area contributed by atoms with Gasteiger partial charge >= 0.3 is 0 Å². The second kappa shape index (κ2) is 6.48. The van der Waals surface area contributed by atoms with Gasteiger partial charge in [0.05, 0.1) is 5.41 Å². The summed E-state index contributed by atoms with van der Waals surface area (Å²) < 4.78 is 0. The third-order valence-electron chi connectivity index (χ3n) is 3.97. The highest BCUT2D eigenvalue weighted by Gasteiger charge is 2.34. The Morgan fingerprint density at radius 1 is 1.19 bits per heavy atom. The van der Waals surface area contributed by atoms with Crippen LogP contribution < -0.4 is 11.1 Å². The van der Waals surface area contributed by atoms with E-state index in [1.165, 1.54) is 0 Å². The summed E-state index contributed by atoms with van der Waals surface area (Å²) in [7, 11) is 0. The first kappa shape index (κ1) is 17.5. The van der Waals surface area contributed by atoms with E-state index in [0.29, 0.717) is 12.1 Å². The van der Waals surface area contributed by atoms with E-state index >= 15 is 0 Å². The van der Waals surface area contributed by atoms with Crippen LogP contribution in [0.4, 0.5) is 5.69 Å². The molecule has 1 aromatic carbocycles. The first-order chi connectivity index (χ1) is 9.59. The van der Waals surface area contributed by atoms with Crippen molar-refractivity contribution in [3.8, 4) is 0 Å². The van der Waals surface area contributed by atoms with E-state index < -0.39 is 5.41 Å². The minimum absolute atomic E-state index is 0.0411. The highest BCUT2D eigenvalue weighted by Crippen LogP contribution is 2.27. The molecule has 0 spiro atoms. The third-order valence-corrected chi connectivity index (χ3v) is 3.97. The molecular weight excluding hydrogens is 264 g/mol. The average molecular weight is 292 g/mol. The number of aliphatic hydroxyl groups excluding tert-OH is 1. The number of rotatable bonds is 5. The second-order valence-electron chi connectivity index (χ2n) is 7.15. The van der Waals surface area contributed by atoms with E-state index in [-0.39, 0.29) is 24.0 Å². The van der Waals surface area contributed by atoms with Gasteiger partial charge in [-0.25, -0.2) is 0 Å². The molecule has 0 aliphatic heterocycles.